The number of unbranched alkanes of at least 4 members (excludes halogenated alkanes) is 4. The van der Waals surface area contributed by atoms with Crippen LogP contribution in [0.1, 0.15) is 45.4 Å². The summed E-state index contributed by atoms with van der Waals surface area (Å²) < 4.78 is 37.5. The van der Waals surface area contributed by atoms with Gasteiger partial charge in [-0.3, -0.25) is 0 Å². The Labute approximate surface area is 109 Å². The molecule has 0 heterocycles. The number of halogens is 1. The monoisotopic (exact) mass is 272 g/mol. The predicted molar refractivity (Wildman–Crippen MR) is 71.9 cm³/mol. The maximum atomic E-state index is 13.8. The lowest BCUT2D eigenvalue weighted by Gasteiger charge is -2.09. The van der Waals surface area contributed by atoms with Crippen LogP contribution in [0.25, 0.3) is 0 Å². The normalized spacial score (nSPS) is 13.4. The number of hydrogen-bond acceptors (Lipinski definition) is 2. The molecular formula is C14H21FO2S. The quantitative estimate of drug-likeness (QED) is 0.667. The number of rotatable bonds is 8. The number of hydrogen-bond donors (Lipinski definition) is 0. The van der Waals surface area contributed by atoms with Crippen LogP contribution in [0.2, 0.25) is 0 Å². The van der Waals surface area contributed by atoms with Gasteiger partial charge in [-0.2, -0.15) is 0 Å². The minimum absolute atomic E-state index is 0.0751. The first kappa shape index (κ1) is 15.2. The van der Waals surface area contributed by atoms with Gasteiger partial charge in [0.1, 0.15) is 0 Å². The van der Waals surface area contributed by atoms with Crippen molar-refractivity contribution in [1.29, 1.82) is 0 Å². The smallest absolute Gasteiger partial charge is 0.210 e. The topological polar surface area (TPSA) is 34.1 Å². The number of alkyl halides is 1. The predicted octanol–water partition coefficient (Wildman–Crippen LogP) is 4.12. The summed E-state index contributed by atoms with van der Waals surface area (Å²) in [6, 6.07) is 7.83. The first-order valence-electron chi connectivity index (χ1n) is 6.52. The summed E-state index contributed by atoms with van der Waals surface area (Å²) in [6.07, 6.45) is 4.94. The van der Waals surface area contributed by atoms with E-state index in [1.807, 2.05) is 0 Å². The van der Waals surface area contributed by atoms with Crippen molar-refractivity contribution in [2.45, 2.75) is 55.8 Å². The molecule has 1 aromatic rings. The van der Waals surface area contributed by atoms with Crippen molar-refractivity contribution in [3.05, 3.63) is 30.3 Å². The Balaban J connectivity index is 2.48. The van der Waals surface area contributed by atoms with Crippen molar-refractivity contribution in [1.82, 2.24) is 0 Å². The molecule has 0 aliphatic rings. The Bertz CT molecular complexity index is 428. The lowest BCUT2D eigenvalue weighted by Crippen LogP contribution is -2.16. The fourth-order valence-electron chi connectivity index (χ4n) is 1.82. The zero-order chi connectivity index (χ0) is 13.4. The number of benzene rings is 1. The molecule has 18 heavy (non-hydrogen) atoms. The summed E-state index contributed by atoms with van der Waals surface area (Å²) in [5.41, 5.74) is -1.78. The molecule has 0 amide bonds. The van der Waals surface area contributed by atoms with Gasteiger partial charge in [0, 0.05) is 0 Å². The minimum atomic E-state index is -3.80. The minimum Gasteiger partial charge on any atom is -0.230 e. The van der Waals surface area contributed by atoms with E-state index in [0.29, 0.717) is 6.42 Å². The highest BCUT2D eigenvalue weighted by Crippen LogP contribution is 2.21. The molecule has 1 rings (SSSR count). The Morgan fingerprint density at radius 3 is 2.28 bits per heavy atom. The van der Waals surface area contributed by atoms with Gasteiger partial charge in [0.2, 0.25) is 15.3 Å². The van der Waals surface area contributed by atoms with Crippen molar-refractivity contribution in [3.8, 4) is 0 Å². The van der Waals surface area contributed by atoms with Crippen molar-refractivity contribution in [2.75, 3.05) is 0 Å². The Morgan fingerprint density at radius 2 is 1.67 bits per heavy atom. The Morgan fingerprint density at radius 1 is 1.06 bits per heavy atom. The molecule has 1 aromatic carbocycles. The second-order valence-corrected chi connectivity index (χ2v) is 6.54. The molecular weight excluding hydrogens is 251 g/mol. The molecule has 0 fully saturated rings. The van der Waals surface area contributed by atoms with E-state index in [4.69, 9.17) is 0 Å². The van der Waals surface area contributed by atoms with Crippen LogP contribution < -0.4 is 0 Å². The zero-order valence-electron chi connectivity index (χ0n) is 10.8. The van der Waals surface area contributed by atoms with Gasteiger partial charge in [0.05, 0.1) is 4.90 Å². The molecule has 1 atom stereocenters. The fourth-order valence-corrected chi connectivity index (χ4v) is 3.13. The summed E-state index contributed by atoms with van der Waals surface area (Å²) >= 11 is 0. The Kier molecular flexibility index (Phi) is 6.33. The summed E-state index contributed by atoms with van der Waals surface area (Å²) in [4.78, 5) is 0.0751. The second kappa shape index (κ2) is 7.52. The molecule has 0 spiro atoms. The average molecular weight is 272 g/mol. The van der Waals surface area contributed by atoms with Crippen LogP contribution in [0.4, 0.5) is 4.39 Å². The van der Waals surface area contributed by atoms with E-state index in [1.165, 1.54) is 12.1 Å². The van der Waals surface area contributed by atoms with Crippen molar-refractivity contribution in [3.63, 3.8) is 0 Å². The molecule has 4 heteroatoms. The van der Waals surface area contributed by atoms with Crippen LogP contribution in [0.5, 0.6) is 0 Å². The van der Waals surface area contributed by atoms with Gasteiger partial charge in [0.15, 0.2) is 0 Å². The zero-order valence-corrected chi connectivity index (χ0v) is 11.6. The van der Waals surface area contributed by atoms with Gasteiger partial charge < -0.3 is 0 Å². The molecule has 102 valence electrons. The van der Waals surface area contributed by atoms with Gasteiger partial charge in [-0.15, -0.1) is 0 Å². The van der Waals surface area contributed by atoms with E-state index in [-0.39, 0.29) is 11.3 Å². The molecule has 0 aliphatic heterocycles. The van der Waals surface area contributed by atoms with Gasteiger partial charge in [0.25, 0.3) is 0 Å². The second-order valence-electron chi connectivity index (χ2n) is 4.47. The van der Waals surface area contributed by atoms with Gasteiger partial charge >= 0.3 is 0 Å². The summed E-state index contributed by atoms with van der Waals surface area (Å²) in [5, 5.41) is 0. The maximum Gasteiger partial charge on any atom is 0.210 e. The van der Waals surface area contributed by atoms with Crippen LogP contribution >= 0.6 is 0 Å². The van der Waals surface area contributed by atoms with E-state index >= 15 is 0 Å². The number of sulfone groups is 1. The van der Waals surface area contributed by atoms with Gasteiger partial charge in [-0.05, 0) is 25.0 Å². The molecule has 0 bridgehead atoms. The molecule has 1 unspecified atom stereocenters. The van der Waals surface area contributed by atoms with Crippen molar-refractivity contribution < 1.29 is 12.8 Å². The van der Waals surface area contributed by atoms with Crippen LogP contribution in [0, 0.1) is 0 Å². The highest BCUT2D eigenvalue weighted by Gasteiger charge is 2.26. The van der Waals surface area contributed by atoms with E-state index in [2.05, 4.69) is 6.92 Å². The van der Waals surface area contributed by atoms with Crippen LogP contribution in [0.15, 0.2) is 35.2 Å². The summed E-state index contributed by atoms with van der Waals surface area (Å²) in [6.45, 7) is 2.11. The molecule has 0 aliphatic carbocycles. The molecule has 0 radical (unpaired) electrons. The van der Waals surface area contributed by atoms with Crippen LogP contribution in [-0.2, 0) is 9.84 Å². The fraction of sp³-hybridized carbons (Fsp3) is 0.571. The first-order chi connectivity index (χ1) is 8.59. The highest BCUT2D eigenvalue weighted by atomic mass is 32.2. The standard InChI is InChI=1S/C14H21FO2S/c1-2-3-4-5-9-12-14(15)18(16,17)13-10-7-6-8-11-13/h6-8,10-11,14H,2-5,9,12H2,1H3. The lowest BCUT2D eigenvalue weighted by atomic mass is 10.1. The van der Waals surface area contributed by atoms with Crippen LogP contribution in [-0.4, -0.2) is 13.9 Å². The third-order valence-corrected chi connectivity index (χ3v) is 4.78. The molecule has 0 saturated carbocycles. The maximum absolute atomic E-state index is 13.8. The third-order valence-electron chi connectivity index (χ3n) is 2.94. The van der Waals surface area contributed by atoms with Gasteiger partial charge in [-0.25, -0.2) is 12.8 Å². The van der Waals surface area contributed by atoms with Crippen molar-refractivity contribution >= 4 is 9.84 Å². The molecule has 0 aromatic heterocycles. The van der Waals surface area contributed by atoms with E-state index in [1.54, 1.807) is 18.2 Å². The van der Waals surface area contributed by atoms with Crippen molar-refractivity contribution in [2.24, 2.45) is 0 Å². The van der Waals surface area contributed by atoms with E-state index in [0.717, 1.165) is 25.7 Å². The van der Waals surface area contributed by atoms with E-state index in [9.17, 15) is 12.8 Å². The highest BCUT2D eigenvalue weighted by molar-refractivity contribution is 7.91. The Hall–Kier alpha value is -0.900. The molecule has 2 nitrogen and oxygen atoms in total. The third kappa shape index (κ3) is 4.41. The molecule has 0 N–H and O–H groups in total. The lowest BCUT2D eigenvalue weighted by molar-refractivity contribution is 0.385. The molecule has 0 saturated heterocycles. The van der Waals surface area contributed by atoms with Gasteiger partial charge in [-0.1, -0.05) is 50.8 Å². The van der Waals surface area contributed by atoms with E-state index < -0.39 is 15.3 Å². The summed E-state index contributed by atoms with van der Waals surface area (Å²) in [5.74, 6) is 0. The van der Waals surface area contributed by atoms with Crippen LogP contribution in [0.3, 0.4) is 0 Å². The first-order valence-corrected chi connectivity index (χ1v) is 8.06. The average Bonchev–Trinajstić information content (AvgIpc) is 2.39. The summed E-state index contributed by atoms with van der Waals surface area (Å²) in [7, 11) is -3.80. The largest absolute Gasteiger partial charge is 0.230 e. The SMILES string of the molecule is CCCCCCCC(F)S(=O)(=O)c1ccccc1.